The number of hydrogen-bond acceptors (Lipinski definition) is 3. The molecule has 0 bridgehead atoms. The highest BCUT2D eigenvalue weighted by atomic mass is 16.2. The molecule has 3 rings (SSSR count). The molecule has 0 aliphatic carbocycles. The number of nitrogens with one attached hydrogen (secondary N) is 2. The fourth-order valence-electron chi connectivity index (χ4n) is 2.50. The first-order chi connectivity index (χ1) is 8.75. The van der Waals surface area contributed by atoms with E-state index >= 15 is 0 Å². The van der Waals surface area contributed by atoms with Crippen LogP contribution in [0.3, 0.4) is 0 Å². The molecule has 6 heteroatoms. The van der Waals surface area contributed by atoms with Crippen LogP contribution in [0.5, 0.6) is 0 Å². The molecule has 1 saturated heterocycles. The number of carbonyl (C=O) groups excluding carboxylic acids is 2. The third-order valence-electron chi connectivity index (χ3n) is 3.48. The third kappa shape index (κ3) is 1.87. The molecule has 0 unspecified atom stereocenters. The Bertz CT molecular complexity index is 488. The van der Waals surface area contributed by atoms with Crippen LogP contribution in [0.4, 0.5) is 0 Å². The number of imidazole rings is 1. The van der Waals surface area contributed by atoms with Gasteiger partial charge in [0.05, 0.1) is 0 Å². The third-order valence-corrected chi connectivity index (χ3v) is 3.48. The van der Waals surface area contributed by atoms with E-state index in [9.17, 15) is 9.59 Å². The van der Waals surface area contributed by atoms with Crippen molar-refractivity contribution >= 4 is 11.8 Å². The predicted octanol–water partition coefficient (Wildman–Crippen LogP) is 0.322. The molecule has 18 heavy (non-hydrogen) atoms. The lowest BCUT2D eigenvalue weighted by Crippen LogP contribution is -2.29. The van der Waals surface area contributed by atoms with Gasteiger partial charge in [0.15, 0.2) is 5.82 Å². The molecule has 0 saturated carbocycles. The Hall–Kier alpha value is -1.85. The number of rotatable bonds is 1. The van der Waals surface area contributed by atoms with E-state index in [1.54, 1.807) is 4.90 Å². The minimum absolute atomic E-state index is 0.0895. The van der Waals surface area contributed by atoms with Crippen LogP contribution in [-0.4, -0.2) is 46.3 Å². The first kappa shape index (κ1) is 11.3. The highest BCUT2D eigenvalue weighted by Crippen LogP contribution is 2.15. The van der Waals surface area contributed by atoms with Crippen molar-refractivity contribution in [2.24, 2.45) is 0 Å². The lowest BCUT2D eigenvalue weighted by molar-refractivity contribution is 0.0781. The minimum atomic E-state index is -0.181. The number of amides is 2. The van der Waals surface area contributed by atoms with Gasteiger partial charge in [-0.05, 0) is 25.7 Å². The number of aryl methyl sites for hydroxylation is 1. The van der Waals surface area contributed by atoms with Gasteiger partial charge in [-0.15, -0.1) is 0 Å². The Balaban J connectivity index is 1.88. The van der Waals surface area contributed by atoms with Gasteiger partial charge in [-0.1, -0.05) is 0 Å². The average molecular weight is 248 g/mol. The van der Waals surface area contributed by atoms with Gasteiger partial charge in [0.2, 0.25) is 0 Å². The van der Waals surface area contributed by atoms with Gasteiger partial charge < -0.3 is 15.2 Å². The molecule has 0 spiro atoms. The van der Waals surface area contributed by atoms with Crippen molar-refractivity contribution in [1.82, 2.24) is 20.2 Å². The van der Waals surface area contributed by atoms with Crippen molar-refractivity contribution in [2.45, 2.75) is 25.7 Å². The molecule has 0 atom stereocenters. The van der Waals surface area contributed by atoms with E-state index in [0.29, 0.717) is 18.1 Å². The lowest BCUT2D eigenvalue weighted by atomic mass is 10.2. The first-order valence-electron chi connectivity index (χ1n) is 6.42. The lowest BCUT2D eigenvalue weighted by Gasteiger charge is -2.12. The SMILES string of the molecule is O=C1NCCCc2[nH]c(C(=O)N3CCCC3)nc21. The number of H-pyrrole nitrogens is 1. The van der Waals surface area contributed by atoms with Crippen molar-refractivity contribution in [3.63, 3.8) is 0 Å². The second kappa shape index (κ2) is 4.44. The number of nitrogens with zero attached hydrogens (tertiary/aromatic N) is 2. The van der Waals surface area contributed by atoms with Crippen molar-refractivity contribution in [1.29, 1.82) is 0 Å². The second-order valence-corrected chi connectivity index (χ2v) is 4.77. The standard InChI is InChI=1S/C12H16N4O2/c17-11-9-8(4-3-5-13-11)14-10(15-9)12(18)16-6-1-2-7-16/h1-7H2,(H,13,17)(H,14,15). The number of aromatic nitrogens is 2. The van der Waals surface area contributed by atoms with Gasteiger partial charge in [-0.3, -0.25) is 9.59 Å². The molecule has 2 aliphatic heterocycles. The maximum absolute atomic E-state index is 12.2. The van der Waals surface area contributed by atoms with Crippen molar-refractivity contribution < 1.29 is 9.59 Å². The number of likely N-dealkylation sites (tertiary alicyclic amines) is 1. The van der Waals surface area contributed by atoms with Gasteiger partial charge in [-0.25, -0.2) is 4.98 Å². The second-order valence-electron chi connectivity index (χ2n) is 4.77. The Labute approximate surface area is 105 Å². The zero-order chi connectivity index (χ0) is 12.5. The quantitative estimate of drug-likeness (QED) is 0.751. The van der Waals surface area contributed by atoms with E-state index in [1.165, 1.54) is 0 Å². The van der Waals surface area contributed by atoms with Gasteiger partial charge in [0, 0.05) is 25.3 Å². The molecule has 96 valence electrons. The fraction of sp³-hybridized carbons (Fsp3) is 0.583. The summed E-state index contributed by atoms with van der Waals surface area (Å²) in [7, 11) is 0. The summed E-state index contributed by atoms with van der Waals surface area (Å²) in [4.78, 5) is 32.9. The maximum Gasteiger partial charge on any atom is 0.289 e. The summed E-state index contributed by atoms with van der Waals surface area (Å²) >= 11 is 0. The molecular formula is C12H16N4O2. The molecule has 1 aromatic heterocycles. The highest BCUT2D eigenvalue weighted by Gasteiger charge is 2.26. The van der Waals surface area contributed by atoms with Crippen LogP contribution in [0, 0.1) is 0 Å². The smallest absolute Gasteiger partial charge is 0.289 e. The van der Waals surface area contributed by atoms with Crippen molar-refractivity contribution in [3.8, 4) is 0 Å². The summed E-state index contributed by atoms with van der Waals surface area (Å²) < 4.78 is 0. The normalized spacial score (nSPS) is 19.3. The molecule has 3 heterocycles. The van der Waals surface area contributed by atoms with E-state index < -0.39 is 0 Å². The zero-order valence-electron chi connectivity index (χ0n) is 10.2. The summed E-state index contributed by atoms with van der Waals surface area (Å²) in [6.07, 6.45) is 3.73. The molecule has 2 amide bonds. The van der Waals surface area contributed by atoms with Crippen LogP contribution in [0.25, 0.3) is 0 Å². The van der Waals surface area contributed by atoms with Crippen LogP contribution in [-0.2, 0) is 6.42 Å². The molecule has 0 aromatic carbocycles. The van der Waals surface area contributed by atoms with Crippen LogP contribution in [0.2, 0.25) is 0 Å². The summed E-state index contributed by atoms with van der Waals surface area (Å²) in [6, 6.07) is 0. The predicted molar refractivity (Wildman–Crippen MR) is 64.4 cm³/mol. The molecule has 6 nitrogen and oxygen atoms in total. The van der Waals surface area contributed by atoms with E-state index in [1.807, 2.05) is 0 Å². The van der Waals surface area contributed by atoms with Gasteiger partial charge in [0.1, 0.15) is 5.69 Å². The van der Waals surface area contributed by atoms with Gasteiger partial charge >= 0.3 is 0 Å². The highest BCUT2D eigenvalue weighted by molar-refractivity contribution is 5.97. The van der Waals surface area contributed by atoms with E-state index in [2.05, 4.69) is 15.3 Å². The number of carbonyl (C=O) groups is 2. The molecule has 1 fully saturated rings. The largest absolute Gasteiger partial charge is 0.351 e. The Morgan fingerprint density at radius 2 is 2.00 bits per heavy atom. The molecule has 2 N–H and O–H groups in total. The first-order valence-corrected chi connectivity index (χ1v) is 6.42. The molecule has 1 aromatic rings. The Morgan fingerprint density at radius 3 is 2.78 bits per heavy atom. The zero-order valence-corrected chi connectivity index (χ0v) is 10.2. The Kier molecular flexibility index (Phi) is 2.77. The van der Waals surface area contributed by atoms with Crippen LogP contribution in [0.1, 0.15) is 46.1 Å². The van der Waals surface area contributed by atoms with Gasteiger partial charge in [0.25, 0.3) is 11.8 Å². The van der Waals surface area contributed by atoms with Crippen LogP contribution >= 0.6 is 0 Å². The summed E-state index contributed by atoms with van der Waals surface area (Å²) in [5, 5.41) is 2.78. The average Bonchev–Trinajstić information content (AvgIpc) is 3.00. The van der Waals surface area contributed by atoms with Crippen LogP contribution < -0.4 is 5.32 Å². The van der Waals surface area contributed by atoms with Crippen LogP contribution in [0.15, 0.2) is 0 Å². The van der Waals surface area contributed by atoms with E-state index in [0.717, 1.165) is 44.5 Å². The number of hydrogen-bond donors (Lipinski definition) is 2. The maximum atomic E-state index is 12.2. The molecular weight excluding hydrogens is 232 g/mol. The summed E-state index contributed by atoms with van der Waals surface area (Å²) in [5.41, 5.74) is 1.17. The molecule has 2 aliphatic rings. The Morgan fingerprint density at radius 1 is 1.22 bits per heavy atom. The minimum Gasteiger partial charge on any atom is -0.351 e. The van der Waals surface area contributed by atoms with Gasteiger partial charge in [-0.2, -0.15) is 0 Å². The van der Waals surface area contributed by atoms with Crippen molar-refractivity contribution in [2.75, 3.05) is 19.6 Å². The summed E-state index contributed by atoms with van der Waals surface area (Å²) in [6.45, 7) is 2.24. The molecule has 0 radical (unpaired) electrons. The fourth-order valence-corrected chi connectivity index (χ4v) is 2.50. The van der Waals surface area contributed by atoms with E-state index in [-0.39, 0.29) is 11.8 Å². The monoisotopic (exact) mass is 248 g/mol. The van der Waals surface area contributed by atoms with Crippen molar-refractivity contribution in [3.05, 3.63) is 17.2 Å². The number of fused-ring (bicyclic) bond motifs is 1. The topological polar surface area (TPSA) is 78.1 Å². The summed E-state index contributed by atoms with van der Waals surface area (Å²) in [5.74, 6) is 0.0338. The number of aromatic amines is 1. The van der Waals surface area contributed by atoms with E-state index in [4.69, 9.17) is 0 Å².